The van der Waals surface area contributed by atoms with E-state index in [4.69, 9.17) is 0 Å². The number of carbonyl (C=O) groups is 1. The van der Waals surface area contributed by atoms with Gasteiger partial charge in [-0.15, -0.1) is 0 Å². The molecule has 0 unspecified atom stereocenters. The van der Waals surface area contributed by atoms with Crippen LogP contribution in [0.15, 0.2) is 29.9 Å². The van der Waals surface area contributed by atoms with Crippen LogP contribution in [0.3, 0.4) is 0 Å². The first-order chi connectivity index (χ1) is 9.32. The van der Waals surface area contributed by atoms with Gasteiger partial charge in [-0.2, -0.15) is 4.57 Å². The van der Waals surface area contributed by atoms with Gasteiger partial charge in [0.25, 0.3) is 0 Å². The van der Waals surface area contributed by atoms with Gasteiger partial charge in [0.2, 0.25) is 22.8 Å². The number of aryl methyl sites for hydroxylation is 1. The Balaban J connectivity index is 0. The highest BCUT2D eigenvalue weighted by atomic mass is 79.9. The second kappa shape index (κ2) is 11.2. The predicted octanol–water partition coefficient (Wildman–Crippen LogP) is -2.83. The maximum absolute atomic E-state index is 11.5. The zero-order valence-electron chi connectivity index (χ0n) is 13.2. The van der Waals surface area contributed by atoms with E-state index in [1.165, 1.54) is 9.88 Å². The molecule has 0 saturated heterocycles. The summed E-state index contributed by atoms with van der Waals surface area (Å²) in [5, 5.41) is 3.19. The van der Waals surface area contributed by atoms with Crippen molar-refractivity contribution in [1.82, 2.24) is 0 Å². The van der Waals surface area contributed by atoms with Crippen LogP contribution in [0, 0.1) is 12.3 Å². The lowest BCUT2D eigenvalue weighted by atomic mass is 9.91. The number of Topliss-reactive ketones (excluding diaryl/α,β-unsaturated/α-hetero) is 1. The summed E-state index contributed by atoms with van der Waals surface area (Å²) >= 11 is 3.32. The molecule has 0 amide bonds. The van der Waals surface area contributed by atoms with Crippen LogP contribution in [0.5, 0.6) is 0 Å². The highest BCUT2D eigenvalue weighted by Gasteiger charge is 2.24. The van der Waals surface area contributed by atoms with E-state index < -0.39 is 0 Å². The number of nitrogens with one attached hydrogen (secondary N) is 1. The van der Waals surface area contributed by atoms with E-state index in [0.717, 1.165) is 0 Å². The van der Waals surface area contributed by atoms with Gasteiger partial charge in [0.15, 0.2) is 12.4 Å². The molecule has 0 radical (unpaired) electrons. The van der Waals surface area contributed by atoms with Gasteiger partial charge < -0.3 is 34.0 Å². The summed E-state index contributed by atoms with van der Waals surface area (Å²) < 4.78 is 1.91. The van der Waals surface area contributed by atoms with Crippen LogP contribution in [0.25, 0.3) is 6.08 Å². The molecule has 2 aromatic rings. The first kappa shape index (κ1) is 23.9. The molecule has 0 aliphatic heterocycles. The Kier molecular flexibility index (Phi) is 12.2. The first-order valence-electron chi connectivity index (χ1n) is 6.38. The van der Waals surface area contributed by atoms with Crippen molar-refractivity contribution in [1.29, 1.82) is 0 Å². The number of rotatable bonds is 3. The van der Waals surface area contributed by atoms with Gasteiger partial charge in [0, 0.05) is 12.3 Å². The van der Waals surface area contributed by atoms with Crippen LogP contribution in [0.1, 0.15) is 30.7 Å². The molecule has 7 heteroatoms. The van der Waals surface area contributed by atoms with Crippen LogP contribution in [-0.2, 0) is 11.3 Å². The van der Waals surface area contributed by atoms with Crippen LogP contribution < -0.4 is 43.5 Å². The molecule has 0 aliphatic carbocycles. The molecular weight excluding hydrogens is 448 g/mol. The highest BCUT2D eigenvalue weighted by Crippen LogP contribution is 2.14. The number of aromatic amines is 1. The molecule has 0 aromatic carbocycles. The summed E-state index contributed by atoms with van der Waals surface area (Å²) in [4.78, 5) is 15.8. The van der Waals surface area contributed by atoms with Crippen LogP contribution in [0.2, 0.25) is 0 Å². The van der Waals surface area contributed by atoms with Crippen molar-refractivity contribution in [3.63, 3.8) is 0 Å². The van der Waals surface area contributed by atoms with Gasteiger partial charge in [-0.25, -0.2) is 4.98 Å². The topological polar surface area (TPSA) is 35.1 Å². The molecule has 2 rings (SSSR count). The Hall–Kier alpha value is -0.370. The number of carbonyl (C=O) groups excluding carboxylic acids is 1. The molecule has 0 bridgehead atoms. The average molecular weight is 470 g/mol. The van der Waals surface area contributed by atoms with E-state index in [1.807, 2.05) is 61.6 Å². The second-order valence-electron chi connectivity index (χ2n) is 5.43. The summed E-state index contributed by atoms with van der Waals surface area (Å²) in [5.41, 5.74) is 1.72. The quantitative estimate of drug-likeness (QED) is 0.446. The first-order valence-corrected chi connectivity index (χ1v) is 8.14. The van der Waals surface area contributed by atoms with Gasteiger partial charge >= 0.3 is 0 Å². The van der Waals surface area contributed by atoms with Gasteiger partial charge in [-0.1, -0.05) is 50.0 Å². The van der Waals surface area contributed by atoms with Crippen molar-refractivity contribution >= 4 is 34.5 Å². The van der Waals surface area contributed by atoms with E-state index >= 15 is 0 Å². The molecule has 2 heterocycles. The monoisotopic (exact) mass is 468 g/mol. The lowest BCUT2D eigenvalue weighted by molar-refractivity contribution is -0.680. The molecule has 3 nitrogen and oxygen atoms in total. The summed E-state index contributed by atoms with van der Waals surface area (Å²) in [6, 6.07) is 0. The number of thiazole rings is 2. The lowest BCUT2D eigenvalue weighted by Gasteiger charge is -2.12. The van der Waals surface area contributed by atoms with Crippen LogP contribution in [0.4, 0.5) is 0 Å². The molecule has 22 heavy (non-hydrogen) atoms. The number of hydrogen-bond acceptors (Lipinski definition) is 3. The zero-order chi connectivity index (χ0) is 15.2. The van der Waals surface area contributed by atoms with Crippen molar-refractivity contribution in [3.05, 3.63) is 39.7 Å². The Morgan fingerprint density at radius 3 is 2.36 bits per heavy atom. The lowest BCUT2D eigenvalue weighted by Crippen LogP contribution is -3.00. The summed E-state index contributed by atoms with van der Waals surface area (Å²) in [5.74, 6) is 0.269. The molecule has 0 atom stereocenters. The van der Waals surface area contributed by atoms with Crippen LogP contribution >= 0.6 is 22.7 Å². The smallest absolute Gasteiger partial charge is 0.232 e. The predicted molar refractivity (Wildman–Crippen MR) is 84.7 cm³/mol. The number of H-pyrrole nitrogens is 1. The largest absolute Gasteiger partial charge is 1.00 e. The summed E-state index contributed by atoms with van der Waals surface area (Å²) in [6.07, 6.45) is 5.72. The molecule has 1 N–H and O–H groups in total. The fourth-order valence-electron chi connectivity index (χ4n) is 1.26. The maximum atomic E-state index is 11.5. The van der Waals surface area contributed by atoms with E-state index in [1.54, 1.807) is 22.7 Å². The Morgan fingerprint density at radius 2 is 2.05 bits per heavy atom. The van der Waals surface area contributed by atoms with Crippen molar-refractivity contribution in [2.75, 3.05) is 0 Å². The van der Waals surface area contributed by atoms with Crippen LogP contribution in [-0.4, -0.2) is 5.78 Å². The number of ketones is 1. The van der Waals surface area contributed by atoms with E-state index in [9.17, 15) is 4.79 Å². The standard InChI is InChI=1S/C9H14NOS.C6H7NS.2BrH/c1-9(2,3)8(11)6-10-4-5-12-7-10;1-3-6-4-7-5(2)8-6;;/h4-5,7H,6H2,1-3H3;3-4H,1H2,2H3;2*1H/q+1;;;/p-1. The summed E-state index contributed by atoms with van der Waals surface area (Å²) in [6.45, 7) is 12.0. The molecule has 0 aliphatic rings. The third-order valence-electron chi connectivity index (χ3n) is 2.58. The SMILES string of the molecule is C=Cc1c[nH+]c(C)s1.CC(C)(C)C(=O)C[n+]1ccsc1.[Br-].[Br-]. The second-order valence-corrected chi connectivity index (χ2v) is 7.47. The highest BCUT2D eigenvalue weighted by molar-refractivity contribution is 7.12. The fourth-order valence-corrected chi connectivity index (χ4v) is 2.53. The Bertz CT molecular complexity index is 560. The van der Waals surface area contributed by atoms with E-state index in [-0.39, 0.29) is 45.2 Å². The van der Waals surface area contributed by atoms with Gasteiger partial charge in [0.1, 0.15) is 0 Å². The van der Waals surface area contributed by atoms with E-state index in [2.05, 4.69) is 11.6 Å². The van der Waals surface area contributed by atoms with Gasteiger partial charge in [-0.3, -0.25) is 4.79 Å². The minimum atomic E-state index is -0.227. The number of nitrogens with zero attached hydrogens (tertiary/aromatic N) is 1. The van der Waals surface area contributed by atoms with Crippen molar-refractivity contribution in [2.45, 2.75) is 34.2 Å². The van der Waals surface area contributed by atoms with Crippen molar-refractivity contribution in [2.24, 2.45) is 5.41 Å². The summed E-state index contributed by atoms with van der Waals surface area (Å²) in [7, 11) is 0. The maximum Gasteiger partial charge on any atom is 0.232 e. The Morgan fingerprint density at radius 1 is 1.41 bits per heavy atom. The normalized spacial score (nSPS) is 9.64. The third kappa shape index (κ3) is 8.92. The number of hydrogen-bond donors (Lipinski definition) is 0. The number of aromatic nitrogens is 2. The minimum absolute atomic E-state index is 0. The molecule has 0 spiro atoms. The van der Waals surface area contributed by atoms with Gasteiger partial charge in [-0.05, 0) is 6.08 Å². The average Bonchev–Trinajstić information content (AvgIpc) is 3.00. The van der Waals surface area contributed by atoms with E-state index in [0.29, 0.717) is 6.54 Å². The number of halogens is 2. The van der Waals surface area contributed by atoms with Crippen molar-refractivity contribution in [3.8, 4) is 0 Å². The minimum Gasteiger partial charge on any atom is -1.00 e. The molecule has 0 fully saturated rings. The molecular formula is C15H22Br2N2OS2. The fraction of sp³-hybridized carbons (Fsp3) is 0.400. The molecule has 2 aromatic heterocycles. The zero-order valence-corrected chi connectivity index (χ0v) is 18.0. The Labute approximate surface area is 161 Å². The van der Waals surface area contributed by atoms with Crippen molar-refractivity contribution < 1.29 is 48.3 Å². The molecule has 0 saturated carbocycles. The van der Waals surface area contributed by atoms with Gasteiger partial charge in [0.05, 0.1) is 10.3 Å². The third-order valence-corrected chi connectivity index (χ3v) is 4.20. The molecule has 124 valence electrons.